The molecule has 0 bridgehead atoms. The molecule has 1 unspecified atom stereocenters. The minimum Gasteiger partial charge on any atom is -0.323 e. The normalized spacial score (nSPS) is 16.4. The van der Waals surface area contributed by atoms with E-state index in [9.17, 15) is 18.0 Å². The van der Waals surface area contributed by atoms with Gasteiger partial charge in [0.1, 0.15) is 0 Å². The Labute approximate surface area is 121 Å². The van der Waals surface area contributed by atoms with E-state index in [2.05, 4.69) is 10.6 Å². The predicted octanol–water partition coefficient (Wildman–Crippen LogP) is 3.27. The average molecular weight is 301 g/mol. The molecule has 2 N–H and O–H groups in total. The first-order valence-electron chi connectivity index (χ1n) is 6.75. The van der Waals surface area contributed by atoms with Crippen molar-refractivity contribution in [2.45, 2.75) is 32.1 Å². The van der Waals surface area contributed by atoms with Gasteiger partial charge < -0.3 is 15.5 Å². The van der Waals surface area contributed by atoms with Crippen LogP contribution in [-0.2, 0) is 6.54 Å². The standard InChI is InChI=1S/C14H18F3N3O/c1-3-18-12(7-14(15,16)17)9-4-5-11-10(6-9)8-20(2)13(21)19-11/h4-6,12,18H,3,7-8H2,1-2H3,(H,19,21). The van der Waals surface area contributed by atoms with Crippen LogP contribution in [0.1, 0.15) is 30.5 Å². The Morgan fingerprint density at radius 2 is 2.14 bits per heavy atom. The van der Waals surface area contributed by atoms with Crippen molar-refractivity contribution < 1.29 is 18.0 Å². The third kappa shape index (κ3) is 3.87. The van der Waals surface area contributed by atoms with E-state index in [1.807, 2.05) is 0 Å². The molecule has 0 saturated heterocycles. The van der Waals surface area contributed by atoms with Crippen LogP contribution in [0.5, 0.6) is 0 Å². The van der Waals surface area contributed by atoms with Crippen molar-refractivity contribution in [3.63, 3.8) is 0 Å². The average Bonchev–Trinajstić information content (AvgIpc) is 2.37. The highest BCUT2D eigenvalue weighted by atomic mass is 19.4. The van der Waals surface area contributed by atoms with Crippen LogP contribution in [0.25, 0.3) is 0 Å². The van der Waals surface area contributed by atoms with E-state index in [1.54, 1.807) is 32.2 Å². The predicted molar refractivity (Wildman–Crippen MR) is 74.0 cm³/mol. The van der Waals surface area contributed by atoms with Gasteiger partial charge in [-0.1, -0.05) is 19.1 Å². The number of benzene rings is 1. The van der Waals surface area contributed by atoms with Crippen LogP contribution in [-0.4, -0.2) is 30.7 Å². The van der Waals surface area contributed by atoms with Gasteiger partial charge in [-0.15, -0.1) is 0 Å². The van der Waals surface area contributed by atoms with E-state index in [-0.39, 0.29) is 6.03 Å². The van der Waals surface area contributed by atoms with Crippen molar-refractivity contribution >= 4 is 11.7 Å². The summed E-state index contributed by atoms with van der Waals surface area (Å²) >= 11 is 0. The van der Waals surface area contributed by atoms with Crippen molar-refractivity contribution in [2.75, 3.05) is 18.9 Å². The van der Waals surface area contributed by atoms with Crippen LogP contribution in [0.3, 0.4) is 0 Å². The zero-order valence-electron chi connectivity index (χ0n) is 11.9. The fraction of sp³-hybridized carbons (Fsp3) is 0.500. The zero-order valence-corrected chi connectivity index (χ0v) is 11.9. The Morgan fingerprint density at radius 3 is 2.76 bits per heavy atom. The third-order valence-corrected chi connectivity index (χ3v) is 3.41. The van der Waals surface area contributed by atoms with Gasteiger partial charge in [0.15, 0.2) is 0 Å². The molecule has 0 radical (unpaired) electrons. The molecular formula is C14H18F3N3O. The zero-order chi connectivity index (χ0) is 15.6. The van der Waals surface area contributed by atoms with E-state index in [4.69, 9.17) is 0 Å². The minimum absolute atomic E-state index is 0.214. The Hall–Kier alpha value is -1.76. The largest absolute Gasteiger partial charge is 0.390 e. The van der Waals surface area contributed by atoms with Gasteiger partial charge in [0.05, 0.1) is 6.42 Å². The number of hydrogen-bond acceptors (Lipinski definition) is 2. The molecule has 1 aromatic rings. The molecule has 21 heavy (non-hydrogen) atoms. The van der Waals surface area contributed by atoms with Crippen LogP contribution >= 0.6 is 0 Å². The smallest absolute Gasteiger partial charge is 0.323 e. The molecule has 1 aliphatic rings. The molecule has 1 aromatic carbocycles. The fourth-order valence-corrected chi connectivity index (χ4v) is 2.41. The number of fused-ring (bicyclic) bond motifs is 1. The Bertz CT molecular complexity index is 531. The Morgan fingerprint density at radius 1 is 1.43 bits per heavy atom. The summed E-state index contributed by atoms with van der Waals surface area (Å²) in [7, 11) is 1.64. The molecule has 116 valence electrons. The van der Waals surface area contributed by atoms with Crippen LogP contribution in [0.2, 0.25) is 0 Å². The molecule has 1 atom stereocenters. The quantitative estimate of drug-likeness (QED) is 0.896. The second-order valence-corrected chi connectivity index (χ2v) is 5.13. The van der Waals surface area contributed by atoms with Crippen molar-refractivity contribution in [3.8, 4) is 0 Å². The van der Waals surface area contributed by atoms with E-state index in [0.717, 1.165) is 5.56 Å². The lowest BCUT2D eigenvalue weighted by Gasteiger charge is -2.28. The summed E-state index contributed by atoms with van der Waals surface area (Å²) in [6.45, 7) is 2.62. The first kappa shape index (κ1) is 15.6. The van der Waals surface area contributed by atoms with E-state index >= 15 is 0 Å². The van der Waals surface area contributed by atoms with Gasteiger partial charge in [-0.2, -0.15) is 13.2 Å². The van der Waals surface area contributed by atoms with Gasteiger partial charge in [-0.25, -0.2) is 4.79 Å². The minimum atomic E-state index is -4.23. The molecule has 2 amide bonds. The van der Waals surface area contributed by atoms with Crippen LogP contribution in [0, 0.1) is 0 Å². The van der Waals surface area contributed by atoms with Crippen LogP contribution in [0.4, 0.5) is 23.7 Å². The molecule has 1 heterocycles. The van der Waals surface area contributed by atoms with Crippen molar-refractivity contribution in [3.05, 3.63) is 29.3 Å². The molecule has 4 nitrogen and oxygen atoms in total. The molecule has 1 aliphatic heterocycles. The number of nitrogens with zero attached hydrogens (tertiary/aromatic N) is 1. The summed E-state index contributed by atoms with van der Waals surface area (Å²) < 4.78 is 38.0. The topological polar surface area (TPSA) is 44.4 Å². The molecule has 0 aliphatic carbocycles. The van der Waals surface area contributed by atoms with Crippen LogP contribution < -0.4 is 10.6 Å². The van der Waals surface area contributed by atoms with Gasteiger partial charge in [-0.3, -0.25) is 0 Å². The molecule has 0 aromatic heterocycles. The number of anilines is 1. The third-order valence-electron chi connectivity index (χ3n) is 3.41. The highest BCUT2D eigenvalue weighted by molar-refractivity contribution is 5.92. The summed E-state index contributed by atoms with van der Waals surface area (Å²) in [5.41, 5.74) is 2.06. The summed E-state index contributed by atoms with van der Waals surface area (Å²) in [5.74, 6) is 0. The SMILES string of the molecule is CCNC(CC(F)(F)F)c1ccc2c(c1)CN(C)C(=O)N2. The Kier molecular flexibility index (Phi) is 4.41. The molecule has 2 rings (SSSR count). The molecule has 0 saturated carbocycles. The number of amides is 2. The highest BCUT2D eigenvalue weighted by Gasteiger charge is 2.32. The lowest BCUT2D eigenvalue weighted by Crippen LogP contribution is -2.35. The number of hydrogen-bond donors (Lipinski definition) is 2. The van der Waals surface area contributed by atoms with E-state index in [1.165, 1.54) is 4.90 Å². The maximum atomic E-state index is 12.7. The number of nitrogens with one attached hydrogen (secondary N) is 2. The van der Waals surface area contributed by atoms with Crippen LogP contribution in [0.15, 0.2) is 18.2 Å². The van der Waals surface area contributed by atoms with Gasteiger partial charge in [0.25, 0.3) is 0 Å². The van der Waals surface area contributed by atoms with Crippen molar-refractivity contribution in [1.29, 1.82) is 0 Å². The number of alkyl halides is 3. The maximum Gasteiger partial charge on any atom is 0.390 e. The lowest BCUT2D eigenvalue weighted by atomic mass is 9.99. The van der Waals surface area contributed by atoms with Crippen molar-refractivity contribution in [1.82, 2.24) is 10.2 Å². The Balaban J connectivity index is 2.26. The van der Waals surface area contributed by atoms with Gasteiger partial charge in [0, 0.05) is 25.3 Å². The summed E-state index contributed by atoms with van der Waals surface area (Å²) in [6.07, 6.45) is -5.14. The fourth-order valence-electron chi connectivity index (χ4n) is 2.41. The number of halogens is 3. The summed E-state index contributed by atoms with van der Waals surface area (Å²) in [5, 5.41) is 5.56. The van der Waals surface area contributed by atoms with Crippen molar-refractivity contribution in [2.24, 2.45) is 0 Å². The second kappa shape index (κ2) is 5.93. The molecule has 0 fully saturated rings. The van der Waals surface area contributed by atoms with Gasteiger partial charge >= 0.3 is 12.2 Å². The summed E-state index contributed by atoms with van der Waals surface area (Å²) in [6, 6.07) is 4.03. The van der Waals surface area contributed by atoms with E-state index in [0.29, 0.717) is 24.3 Å². The number of rotatable bonds is 4. The highest BCUT2D eigenvalue weighted by Crippen LogP contribution is 2.32. The molecule has 7 heteroatoms. The molecular weight excluding hydrogens is 283 g/mol. The number of carbonyl (C=O) groups excluding carboxylic acids is 1. The monoisotopic (exact) mass is 301 g/mol. The summed E-state index contributed by atoms with van der Waals surface area (Å²) in [4.78, 5) is 13.0. The first-order valence-corrected chi connectivity index (χ1v) is 6.75. The van der Waals surface area contributed by atoms with Gasteiger partial charge in [0.2, 0.25) is 0 Å². The van der Waals surface area contributed by atoms with E-state index < -0.39 is 18.6 Å². The number of urea groups is 1. The second-order valence-electron chi connectivity index (χ2n) is 5.13. The van der Waals surface area contributed by atoms with Gasteiger partial charge in [-0.05, 0) is 23.7 Å². The molecule has 0 spiro atoms. The number of carbonyl (C=O) groups is 1. The first-order chi connectivity index (χ1) is 9.80. The lowest BCUT2D eigenvalue weighted by molar-refractivity contribution is -0.140. The maximum absolute atomic E-state index is 12.7.